The van der Waals surface area contributed by atoms with E-state index in [1.807, 2.05) is 6.92 Å². The first-order valence-electron chi connectivity index (χ1n) is 6.04. The van der Waals surface area contributed by atoms with Crippen molar-refractivity contribution in [2.24, 2.45) is 0 Å². The summed E-state index contributed by atoms with van der Waals surface area (Å²) in [6.45, 7) is 2.47. The second-order valence-corrected chi connectivity index (χ2v) is 4.51. The van der Waals surface area contributed by atoms with Crippen molar-refractivity contribution < 1.29 is 9.72 Å². The zero-order chi connectivity index (χ0) is 15.4. The lowest BCUT2D eigenvalue weighted by Crippen LogP contribution is -2.17. The molecule has 1 aromatic carbocycles. The van der Waals surface area contributed by atoms with Crippen molar-refractivity contribution in [3.8, 4) is 0 Å². The fourth-order valence-electron chi connectivity index (χ4n) is 1.63. The number of aryl methyl sites for hydroxylation is 1. The molecular weight excluding hydrogens is 300 g/mol. The summed E-state index contributed by atoms with van der Waals surface area (Å²) in [7, 11) is 0. The highest BCUT2D eigenvalue weighted by atomic mass is 35.5. The summed E-state index contributed by atoms with van der Waals surface area (Å²) in [5.74, 6) is -0.458. The minimum absolute atomic E-state index is 0.0167. The second kappa shape index (κ2) is 6.27. The number of hydrogen-bond donors (Lipinski definition) is 1. The Labute approximate surface area is 124 Å². The third kappa shape index (κ3) is 3.31. The molecule has 0 aliphatic carbocycles. The average Bonchev–Trinajstić information content (AvgIpc) is 2.86. The Hall–Kier alpha value is -2.55. The van der Waals surface area contributed by atoms with E-state index in [1.54, 1.807) is 0 Å². The fraction of sp³-hybridized carbons (Fsp3) is 0.273. The number of nitrogens with zero attached hydrogens (tertiary/aromatic N) is 5. The number of hydrogen-bond acceptors (Lipinski definition) is 6. The number of nitro benzene ring substituents is 1. The Bertz CT molecular complexity index is 686. The van der Waals surface area contributed by atoms with E-state index in [2.05, 4.69) is 20.8 Å². The summed E-state index contributed by atoms with van der Waals surface area (Å²) in [4.78, 5) is 22.3. The van der Waals surface area contributed by atoms with E-state index in [0.717, 1.165) is 12.5 Å². The molecule has 0 atom stereocenters. The van der Waals surface area contributed by atoms with E-state index in [1.165, 1.54) is 16.8 Å². The molecule has 1 N–H and O–H groups in total. The number of nitrogens with one attached hydrogen (secondary N) is 1. The molecule has 9 nitrogen and oxygen atoms in total. The Morgan fingerprint density at radius 3 is 2.95 bits per heavy atom. The number of nitro groups is 1. The first kappa shape index (κ1) is 14.9. The van der Waals surface area contributed by atoms with Crippen LogP contribution in [0.25, 0.3) is 0 Å². The number of amides is 1. The molecule has 0 bridgehead atoms. The first-order chi connectivity index (χ1) is 10.0. The topological polar surface area (TPSA) is 116 Å². The van der Waals surface area contributed by atoms with Gasteiger partial charge in [-0.15, -0.1) is 0 Å². The number of non-ortho nitro benzene ring substituents is 1. The molecule has 1 amide bonds. The highest BCUT2D eigenvalue weighted by molar-refractivity contribution is 6.34. The summed E-state index contributed by atoms with van der Waals surface area (Å²) in [5.41, 5.74) is -0.241. The number of aromatic nitrogens is 4. The van der Waals surface area contributed by atoms with E-state index in [9.17, 15) is 14.9 Å². The lowest BCUT2D eigenvalue weighted by Gasteiger charge is -2.06. The predicted octanol–water partition coefficient (Wildman–Crippen LogP) is 1.90. The monoisotopic (exact) mass is 310 g/mol. The van der Waals surface area contributed by atoms with Crippen LogP contribution in [0, 0.1) is 10.1 Å². The quantitative estimate of drug-likeness (QED) is 0.666. The normalized spacial score (nSPS) is 10.4. The van der Waals surface area contributed by atoms with Crippen LogP contribution >= 0.6 is 11.6 Å². The maximum absolute atomic E-state index is 12.1. The SMILES string of the molecule is CCCn1nnnc1NC(=O)c1cc([N+](=O)[O-])ccc1Cl. The van der Waals surface area contributed by atoms with Crippen LogP contribution < -0.4 is 5.32 Å². The number of rotatable bonds is 5. The molecule has 1 heterocycles. The van der Waals surface area contributed by atoms with Crippen molar-refractivity contribution in [3.63, 3.8) is 0 Å². The van der Waals surface area contributed by atoms with Crippen molar-refractivity contribution >= 4 is 29.1 Å². The van der Waals surface area contributed by atoms with Gasteiger partial charge < -0.3 is 0 Å². The van der Waals surface area contributed by atoms with E-state index in [4.69, 9.17) is 11.6 Å². The van der Waals surface area contributed by atoms with Crippen LogP contribution in [0.4, 0.5) is 11.6 Å². The van der Waals surface area contributed by atoms with Crippen molar-refractivity contribution in [3.05, 3.63) is 38.9 Å². The van der Waals surface area contributed by atoms with Gasteiger partial charge >= 0.3 is 0 Å². The summed E-state index contributed by atoms with van der Waals surface area (Å²) in [5, 5.41) is 24.2. The van der Waals surface area contributed by atoms with Crippen molar-refractivity contribution in [2.75, 3.05) is 5.32 Å². The Morgan fingerprint density at radius 2 is 2.29 bits per heavy atom. The van der Waals surface area contributed by atoms with E-state index < -0.39 is 10.8 Å². The summed E-state index contributed by atoms with van der Waals surface area (Å²) in [6, 6.07) is 3.62. The predicted molar refractivity (Wildman–Crippen MR) is 74.2 cm³/mol. The van der Waals surface area contributed by atoms with E-state index >= 15 is 0 Å². The van der Waals surface area contributed by atoms with Gasteiger partial charge in [0.25, 0.3) is 11.6 Å². The number of carbonyl (C=O) groups is 1. The van der Waals surface area contributed by atoms with Gasteiger partial charge in [0.15, 0.2) is 0 Å². The molecule has 10 heteroatoms. The molecule has 0 aliphatic heterocycles. The van der Waals surface area contributed by atoms with Crippen LogP contribution in [0.1, 0.15) is 23.7 Å². The summed E-state index contributed by atoms with van der Waals surface area (Å²) in [6.07, 6.45) is 0.783. The second-order valence-electron chi connectivity index (χ2n) is 4.10. The number of tetrazole rings is 1. The Balaban J connectivity index is 2.26. The van der Waals surface area contributed by atoms with E-state index in [0.29, 0.717) is 6.54 Å². The van der Waals surface area contributed by atoms with Gasteiger partial charge in [0.2, 0.25) is 5.95 Å². The molecule has 0 unspecified atom stereocenters. The average molecular weight is 311 g/mol. The van der Waals surface area contributed by atoms with Crippen LogP contribution in [0.2, 0.25) is 5.02 Å². The highest BCUT2D eigenvalue weighted by Gasteiger charge is 2.18. The van der Waals surface area contributed by atoms with Gasteiger partial charge in [-0.3, -0.25) is 20.2 Å². The molecule has 0 radical (unpaired) electrons. The van der Waals surface area contributed by atoms with Crippen LogP contribution in [0.15, 0.2) is 18.2 Å². The molecule has 0 spiro atoms. The van der Waals surface area contributed by atoms with Crippen LogP contribution in [0.5, 0.6) is 0 Å². The molecule has 0 fully saturated rings. The van der Waals surface area contributed by atoms with Gasteiger partial charge in [-0.05, 0) is 22.9 Å². The molecule has 21 heavy (non-hydrogen) atoms. The van der Waals surface area contributed by atoms with Gasteiger partial charge in [-0.25, -0.2) is 4.68 Å². The summed E-state index contributed by atoms with van der Waals surface area (Å²) >= 11 is 5.89. The zero-order valence-electron chi connectivity index (χ0n) is 11.0. The lowest BCUT2D eigenvalue weighted by atomic mass is 10.2. The highest BCUT2D eigenvalue weighted by Crippen LogP contribution is 2.22. The van der Waals surface area contributed by atoms with Crippen molar-refractivity contribution in [2.45, 2.75) is 19.9 Å². The van der Waals surface area contributed by atoms with Gasteiger partial charge in [-0.2, -0.15) is 0 Å². The Morgan fingerprint density at radius 1 is 1.52 bits per heavy atom. The van der Waals surface area contributed by atoms with Gasteiger partial charge in [0.1, 0.15) is 0 Å². The number of carbonyl (C=O) groups excluding carboxylic acids is 1. The number of benzene rings is 1. The standard InChI is InChI=1S/C11H11ClN6O3/c1-2-5-17-11(14-15-16-17)13-10(19)8-6-7(18(20)21)3-4-9(8)12/h3-4,6H,2,5H2,1H3,(H,13,14,16,19). The van der Waals surface area contributed by atoms with Crippen LogP contribution in [-0.2, 0) is 6.54 Å². The molecule has 0 saturated carbocycles. The third-order valence-corrected chi connectivity index (χ3v) is 2.93. The van der Waals surface area contributed by atoms with Crippen LogP contribution in [-0.4, -0.2) is 31.0 Å². The minimum Gasteiger partial charge on any atom is -0.289 e. The van der Waals surface area contributed by atoms with E-state index in [-0.39, 0.29) is 22.2 Å². The van der Waals surface area contributed by atoms with Crippen molar-refractivity contribution in [1.82, 2.24) is 20.2 Å². The summed E-state index contributed by atoms with van der Waals surface area (Å²) < 4.78 is 1.42. The fourth-order valence-corrected chi connectivity index (χ4v) is 1.83. The minimum atomic E-state index is -0.615. The van der Waals surface area contributed by atoms with Crippen LogP contribution in [0.3, 0.4) is 0 Å². The third-order valence-electron chi connectivity index (χ3n) is 2.60. The lowest BCUT2D eigenvalue weighted by molar-refractivity contribution is -0.384. The van der Waals surface area contributed by atoms with Gasteiger partial charge in [0.05, 0.1) is 15.5 Å². The maximum atomic E-state index is 12.1. The Kier molecular flexibility index (Phi) is 4.43. The first-order valence-corrected chi connectivity index (χ1v) is 6.42. The largest absolute Gasteiger partial charge is 0.289 e. The van der Waals surface area contributed by atoms with Gasteiger partial charge in [0, 0.05) is 18.7 Å². The molecule has 0 saturated heterocycles. The zero-order valence-corrected chi connectivity index (χ0v) is 11.7. The number of halogens is 1. The maximum Gasteiger partial charge on any atom is 0.270 e. The van der Waals surface area contributed by atoms with Crippen molar-refractivity contribution in [1.29, 1.82) is 0 Å². The smallest absolute Gasteiger partial charge is 0.270 e. The number of anilines is 1. The van der Waals surface area contributed by atoms with Gasteiger partial charge in [-0.1, -0.05) is 23.6 Å². The molecule has 110 valence electrons. The molecule has 0 aliphatic rings. The molecule has 1 aromatic heterocycles. The molecular formula is C11H11ClN6O3. The molecule has 2 aromatic rings. The molecule has 2 rings (SSSR count).